The fourth-order valence-electron chi connectivity index (χ4n) is 6.54. The van der Waals surface area contributed by atoms with Crippen LogP contribution in [0.1, 0.15) is 98.8 Å². The zero-order valence-corrected chi connectivity index (χ0v) is 24.1. The number of hydrogen-bond donors (Lipinski definition) is 3. The van der Waals surface area contributed by atoms with Crippen LogP contribution in [-0.4, -0.2) is 63.7 Å². The average molecular weight is 490 g/mol. The lowest BCUT2D eigenvalue weighted by atomic mass is 9.86. The van der Waals surface area contributed by atoms with Crippen LogP contribution in [-0.2, 0) is 17.5 Å². The molecule has 0 radical (unpaired) electrons. The molecule has 3 unspecified atom stereocenters. The van der Waals surface area contributed by atoms with Crippen molar-refractivity contribution in [3.63, 3.8) is 0 Å². The molecule has 35 heavy (non-hydrogen) atoms. The smallest absolute Gasteiger partial charge is 0.126 e. The topological polar surface area (TPSA) is 68.2 Å². The molecule has 1 aromatic carbocycles. The van der Waals surface area contributed by atoms with Crippen molar-refractivity contribution < 1.29 is 15.1 Å². The molecule has 200 valence electrons. The molecule has 3 heterocycles. The summed E-state index contributed by atoms with van der Waals surface area (Å²) in [7, 11) is 2.20. The summed E-state index contributed by atoms with van der Waals surface area (Å²) < 4.78 is 6.37. The number of nitrogens with one attached hydrogen (secondary N) is 1. The number of aliphatic hydroxyl groups is 1. The van der Waals surface area contributed by atoms with Crippen LogP contribution in [0.5, 0.6) is 5.75 Å². The first-order valence-electron chi connectivity index (χ1n) is 13.6. The van der Waals surface area contributed by atoms with Gasteiger partial charge in [-0.25, -0.2) is 0 Å². The number of ether oxygens (including phenoxy) is 1. The van der Waals surface area contributed by atoms with Crippen molar-refractivity contribution in [1.82, 2.24) is 15.3 Å². The third-order valence-electron chi connectivity index (χ3n) is 9.21. The first-order chi connectivity index (χ1) is 16.1. The van der Waals surface area contributed by atoms with E-state index >= 15 is 0 Å². The molecule has 0 aliphatic carbocycles. The number of nitrogens with zero attached hydrogens (tertiary/aromatic N) is 2. The fraction of sp³-hybridized carbons (Fsp3) is 0.793. The van der Waals surface area contributed by atoms with E-state index in [-0.39, 0.29) is 28.3 Å². The van der Waals surface area contributed by atoms with Crippen molar-refractivity contribution in [2.75, 3.05) is 20.1 Å². The SMILES string of the molecule is CC.CN1C(C)(C)c2cc3c(cc2C1(C)C)OC(C(O)CNCC1CC(C)(C)N(O)C1(C)C)CC3. The third kappa shape index (κ3) is 4.77. The maximum absolute atomic E-state index is 10.9. The number of rotatable bonds is 5. The quantitative estimate of drug-likeness (QED) is 0.538. The van der Waals surface area contributed by atoms with Crippen LogP contribution in [0.25, 0.3) is 0 Å². The number of aliphatic hydroxyl groups excluding tert-OH is 1. The molecule has 0 amide bonds. The highest BCUT2D eigenvalue weighted by Gasteiger charge is 2.51. The maximum Gasteiger partial charge on any atom is 0.126 e. The molecule has 0 bridgehead atoms. The average Bonchev–Trinajstić information content (AvgIpc) is 3.04. The van der Waals surface area contributed by atoms with Gasteiger partial charge in [-0.2, -0.15) is 5.06 Å². The number of hydrogen-bond acceptors (Lipinski definition) is 6. The molecule has 3 atom stereocenters. The van der Waals surface area contributed by atoms with Crippen LogP contribution < -0.4 is 10.1 Å². The number of aryl methyl sites for hydroxylation is 1. The first-order valence-corrected chi connectivity index (χ1v) is 13.6. The Bertz CT molecular complexity index is 909. The molecule has 1 aromatic rings. The molecule has 0 aromatic heterocycles. The number of fused-ring (bicyclic) bond motifs is 2. The van der Waals surface area contributed by atoms with Crippen LogP contribution in [0.2, 0.25) is 0 Å². The summed E-state index contributed by atoms with van der Waals surface area (Å²) >= 11 is 0. The minimum Gasteiger partial charge on any atom is -0.487 e. The van der Waals surface area contributed by atoms with Crippen LogP contribution in [0.4, 0.5) is 0 Å². The van der Waals surface area contributed by atoms with Gasteiger partial charge >= 0.3 is 0 Å². The molecule has 6 nitrogen and oxygen atoms in total. The van der Waals surface area contributed by atoms with E-state index in [1.54, 1.807) is 0 Å². The highest BCUT2D eigenvalue weighted by Crippen LogP contribution is 2.50. The summed E-state index contributed by atoms with van der Waals surface area (Å²) in [5.74, 6) is 1.24. The summed E-state index contributed by atoms with van der Waals surface area (Å²) in [6.07, 6.45) is 1.88. The van der Waals surface area contributed by atoms with E-state index in [4.69, 9.17) is 4.74 Å². The summed E-state index contributed by atoms with van der Waals surface area (Å²) in [6, 6.07) is 4.56. The highest BCUT2D eigenvalue weighted by atomic mass is 16.5. The predicted octanol–water partition coefficient (Wildman–Crippen LogP) is 5.04. The van der Waals surface area contributed by atoms with Gasteiger partial charge in [0.2, 0.25) is 0 Å². The second-order valence-electron chi connectivity index (χ2n) is 12.8. The van der Waals surface area contributed by atoms with Crippen LogP contribution in [0.15, 0.2) is 12.1 Å². The van der Waals surface area contributed by atoms with Gasteiger partial charge in [0.25, 0.3) is 0 Å². The van der Waals surface area contributed by atoms with Gasteiger partial charge in [0.05, 0.1) is 0 Å². The second kappa shape index (κ2) is 9.60. The Labute approximate surface area is 214 Å². The summed E-state index contributed by atoms with van der Waals surface area (Å²) in [5.41, 5.74) is 3.35. The van der Waals surface area contributed by atoms with Gasteiger partial charge in [-0.3, -0.25) is 4.90 Å². The molecular weight excluding hydrogens is 438 g/mol. The Balaban J connectivity index is 0.00000167. The van der Waals surface area contributed by atoms with E-state index in [9.17, 15) is 10.3 Å². The molecule has 3 N–H and O–H groups in total. The molecule has 1 saturated heterocycles. The molecule has 3 aliphatic rings. The lowest BCUT2D eigenvalue weighted by Gasteiger charge is -2.37. The lowest BCUT2D eigenvalue weighted by Crippen LogP contribution is -2.49. The summed E-state index contributed by atoms with van der Waals surface area (Å²) in [5, 5.41) is 26.4. The monoisotopic (exact) mass is 489 g/mol. The van der Waals surface area contributed by atoms with Crippen LogP contribution >= 0.6 is 0 Å². The largest absolute Gasteiger partial charge is 0.487 e. The Hall–Kier alpha value is -1.18. The van der Waals surface area contributed by atoms with Crippen molar-refractivity contribution in [3.8, 4) is 5.75 Å². The van der Waals surface area contributed by atoms with E-state index in [1.807, 2.05) is 13.8 Å². The van der Waals surface area contributed by atoms with E-state index < -0.39 is 6.10 Å². The molecule has 4 rings (SSSR count). The zero-order valence-electron chi connectivity index (χ0n) is 24.1. The molecule has 1 fully saturated rings. The van der Waals surface area contributed by atoms with Gasteiger partial charge < -0.3 is 20.4 Å². The van der Waals surface area contributed by atoms with Crippen LogP contribution in [0, 0.1) is 5.92 Å². The van der Waals surface area contributed by atoms with Gasteiger partial charge in [0.15, 0.2) is 0 Å². The van der Waals surface area contributed by atoms with Gasteiger partial charge in [-0.15, -0.1) is 0 Å². The Morgan fingerprint density at radius 2 is 1.60 bits per heavy atom. The van der Waals surface area contributed by atoms with Crippen molar-refractivity contribution in [2.24, 2.45) is 5.92 Å². The fourth-order valence-corrected chi connectivity index (χ4v) is 6.54. The minimum absolute atomic E-state index is 0.0130. The van der Waals surface area contributed by atoms with Crippen LogP contribution in [0.3, 0.4) is 0 Å². The molecule has 6 heteroatoms. The van der Waals surface area contributed by atoms with Gasteiger partial charge in [-0.05, 0) is 123 Å². The number of benzene rings is 1. The van der Waals surface area contributed by atoms with Crippen molar-refractivity contribution in [1.29, 1.82) is 0 Å². The van der Waals surface area contributed by atoms with E-state index in [0.717, 1.165) is 31.6 Å². The van der Waals surface area contributed by atoms with E-state index in [1.165, 1.54) is 21.8 Å². The van der Waals surface area contributed by atoms with Gasteiger partial charge in [-0.1, -0.05) is 13.8 Å². The lowest BCUT2D eigenvalue weighted by molar-refractivity contribution is -0.196. The molecule has 0 spiro atoms. The Morgan fingerprint density at radius 3 is 2.14 bits per heavy atom. The first kappa shape index (κ1) is 28.4. The summed E-state index contributed by atoms with van der Waals surface area (Å²) in [6.45, 7) is 22.7. The second-order valence-corrected chi connectivity index (χ2v) is 12.8. The zero-order chi connectivity index (χ0) is 26.6. The van der Waals surface area contributed by atoms with Crippen molar-refractivity contribution in [3.05, 3.63) is 28.8 Å². The van der Waals surface area contributed by atoms with Crippen molar-refractivity contribution in [2.45, 2.75) is 123 Å². The Kier molecular flexibility index (Phi) is 7.79. The minimum atomic E-state index is -0.568. The van der Waals surface area contributed by atoms with E-state index in [2.05, 4.69) is 84.8 Å². The van der Waals surface area contributed by atoms with Gasteiger partial charge in [0.1, 0.15) is 18.0 Å². The number of hydroxylamine groups is 2. The Morgan fingerprint density at radius 1 is 1.03 bits per heavy atom. The molecule has 3 aliphatic heterocycles. The standard InChI is InChI=1S/C27H45N3O3.C2H6/c1-24(2)14-18(25(3,4)30(24)32)15-28-16-21(31)22-11-10-17-12-19-20(13-23(17)33-22)27(7,8)29(9)26(19,5)6;1-2/h12-13,18,21-22,28,31-32H,10-11,14-16H2,1-9H3;1-2H3. The molecule has 0 saturated carbocycles. The molecular formula is C29H51N3O3. The summed E-state index contributed by atoms with van der Waals surface area (Å²) in [4.78, 5) is 2.44. The highest BCUT2D eigenvalue weighted by molar-refractivity contribution is 5.52. The normalized spacial score (nSPS) is 28.9. The van der Waals surface area contributed by atoms with E-state index in [0.29, 0.717) is 12.5 Å². The maximum atomic E-state index is 10.9. The third-order valence-corrected chi connectivity index (χ3v) is 9.21. The van der Waals surface area contributed by atoms with Crippen molar-refractivity contribution >= 4 is 0 Å². The predicted molar refractivity (Wildman–Crippen MR) is 143 cm³/mol. The van der Waals surface area contributed by atoms with Gasteiger partial charge in [0, 0.05) is 28.7 Å².